The summed E-state index contributed by atoms with van der Waals surface area (Å²) in [4.78, 5) is 31.2. The fourth-order valence-electron chi connectivity index (χ4n) is 5.44. The van der Waals surface area contributed by atoms with Gasteiger partial charge < -0.3 is 0 Å². The maximum atomic E-state index is 13.6. The number of H-pyrrole nitrogens is 1. The zero-order chi connectivity index (χ0) is 25.9. The Hall–Kier alpha value is -3.88. The van der Waals surface area contributed by atoms with Crippen LogP contribution < -0.4 is 5.69 Å². The number of aromatic nitrogens is 7. The number of rotatable bonds is 9. The van der Waals surface area contributed by atoms with Crippen LogP contribution in [-0.4, -0.2) is 40.5 Å². The molecule has 0 spiro atoms. The number of tetrazole rings is 1. The van der Waals surface area contributed by atoms with E-state index in [0.717, 1.165) is 53.8 Å². The number of nitrogens with zero attached hydrogens (tertiary/aromatic N) is 6. The Bertz CT molecular complexity index is 1420. The molecule has 1 N–H and O–H groups in total. The van der Waals surface area contributed by atoms with Gasteiger partial charge in [0.2, 0.25) is 0 Å². The van der Waals surface area contributed by atoms with Crippen molar-refractivity contribution in [2.75, 3.05) is 0 Å². The maximum absolute atomic E-state index is 13.6. The number of nitrogens with one attached hydrogen (secondary N) is 1. The molecular formula is C28H33N7O2. The second-order valence-corrected chi connectivity index (χ2v) is 10.2. The minimum absolute atomic E-state index is 0.119. The molecule has 0 radical (unpaired) electrons. The lowest BCUT2D eigenvalue weighted by Crippen LogP contribution is -2.33. The van der Waals surface area contributed by atoms with E-state index in [4.69, 9.17) is 4.98 Å². The zero-order valence-corrected chi connectivity index (χ0v) is 21.6. The normalized spacial score (nSPS) is 17.7. The Morgan fingerprint density at radius 3 is 2.59 bits per heavy atom. The van der Waals surface area contributed by atoms with E-state index in [1.165, 1.54) is 0 Å². The molecule has 9 nitrogen and oxygen atoms in total. The van der Waals surface area contributed by atoms with Crippen LogP contribution in [0.2, 0.25) is 0 Å². The van der Waals surface area contributed by atoms with E-state index in [1.54, 1.807) is 9.13 Å². The summed E-state index contributed by atoms with van der Waals surface area (Å²) in [7, 11) is 0. The summed E-state index contributed by atoms with van der Waals surface area (Å²) in [6.45, 7) is 6.78. The van der Waals surface area contributed by atoms with Crippen LogP contribution in [0.3, 0.4) is 0 Å². The Morgan fingerprint density at radius 1 is 1.11 bits per heavy atom. The van der Waals surface area contributed by atoms with Crippen LogP contribution >= 0.6 is 0 Å². The molecule has 9 heteroatoms. The van der Waals surface area contributed by atoms with Gasteiger partial charge in [-0.15, -0.1) is 5.10 Å². The van der Waals surface area contributed by atoms with E-state index >= 15 is 0 Å². The fourth-order valence-corrected chi connectivity index (χ4v) is 5.44. The van der Waals surface area contributed by atoms with E-state index in [9.17, 15) is 9.59 Å². The molecule has 1 aliphatic carbocycles. The van der Waals surface area contributed by atoms with Gasteiger partial charge in [-0.25, -0.2) is 9.89 Å². The molecule has 0 aliphatic heterocycles. The molecule has 192 valence electrons. The molecule has 1 fully saturated rings. The van der Waals surface area contributed by atoms with Crippen molar-refractivity contribution in [1.82, 2.24) is 34.7 Å². The maximum Gasteiger partial charge on any atom is 0.329 e. The first-order valence-electron chi connectivity index (χ1n) is 13.1. The number of Topliss-reactive ketones (excluding diaryl/α,β-unsaturated/α-hetero) is 1. The van der Waals surface area contributed by atoms with Crippen LogP contribution in [0.15, 0.2) is 53.6 Å². The minimum atomic E-state index is -0.369. The Labute approximate surface area is 216 Å². The standard InChI is InChI=1S/C28H33N7O2/c1-4-5-8-21-17-35(26-22(18(2)3)13-14-25(26)36)28(37)34(21)16-20-12-11-19(15-29-20)23-9-6-7-10-24(23)27-30-32-33-31-27/h6-7,9-12,15,17-18,22,26H,4-5,8,13-14,16H2,1-3H3,(H,30,31,32,33). The summed E-state index contributed by atoms with van der Waals surface area (Å²) in [6.07, 6.45) is 7.95. The van der Waals surface area contributed by atoms with Crippen LogP contribution in [0.4, 0.5) is 0 Å². The molecule has 0 amide bonds. The molecule has 2 unspecified atom stereocenters. The highest BCUT2D eigenvalue weighted by Crippen LogP contribution is 2.37. The van der Waals surface area contributed by atoms with E-state index in [-0.39, 0.29) is 23.4 Å². The third kappa shape index (κ3) is 4.90. The first-order chi connectivity index (χ1) is 18.0. The highest BCUT2D eigenvalue weighted by molar-refractivity contribution is 5.85. The number of benzene rings is 1. The molecule has 3 heterocycles. The van der Waals surface area contributed by atoms with Gasteiger partial charge in [0, 0.05) is 35.6 Å². The molecule has 1 saturated carbocycles. The third-order valence-corrected chi connectivity index (χ3v) is 7.47. The van der Waals surface area contributed by atoms with Gasteiger partial charge in [-0.05, 0) is 53.2 Å². The topological polar surface area (TPSA) is 111 Å². The first kappa shape index (κ1) is 24.8. The lowest BCUT2D eigenvalue weighted by atomic mass is 9.90. The second-order valence-electron chi connectivity index (χ2n) is 10.2. The predicted octanol–water partition coefficient (Wildman–Crippen LogP) is 4.46. The van der Waals surface area contributed by atoms with Gasteiger partial charge in [0.05, 0.1) is 18.3 Å². The summed E-state index contributed by atoms with van der Waals surface area (Å²) < 4.78 is 3.51. The SMILES string of the molecule is CCCCc1cn(C2C(=O)CCC2C(C)C)c(=O)n1Cc1ccc(-c2ccccc2-c2nnn[nH]2)cn1. The molecular weight excluding hydrogens is 466 g/mol. The number of hydrogen-bond acceptors (Lipinski definition) is 6. The molecule has 0 bridgehead atoms. The quantitative estimate of drug-likeness (QED) is 0.364. The summed E-state index contributed by atoms with van der Waals surface area (Å²) in [5.41, 5.74) is 4.42. The van der Waals surface area contributed by atoms with Gasteiger partial charge in [0.15, 0.2) is 11.6 Å². The second kappa shape index (κ2) is 10.6. The lowest BCUT2D eigenvalue weighted by molar-refractivity contribution is -0.120. The average molecular weight is 500 g/mol. The molecule has 0 saturated heterocycles. The third-order valence-electron chi connectivity index (χ3n) is 7.47. The highest BCUT2D eigenvalue weighted by atomic mass is 16.2. The zero-order valence-electron chi connectivity index (χ0n) is 21.6. The number of carbonyl (C=O) groups excluding carboxylic acids is 1. The Morgan fingerprint density at radius 2 is 1.92 bits per heavy atom. The molecule has 3 aromatic heterocycles. The predicted molar refractivity (Wildman–Crippen MR) is 141 cm³/mol. The lowest BCUT2D eigenvalue weighted by Gasteiger charge is -2.22. The van der Waals surface area contributed by atoms with Crippen molar-refractivity contribution >= 4 is 5.78 Å². The fraction of sp³-hybridized carbons (Fsp3) is 0.429. The van der Waals surface area contributed by atoms with Crippen molar-refractivity contribution in [3.8, 4) is 22.5 Å². The van der Waals surface area contributed by atoms with E-state index < -0.39 is 0 Å². The monoisotopic (exact) mass is 499 g/mol. The number of aromatic amines is 1. The van der Waals surface area contributed by atoms with Crippen molar-refractivity contribution in [3.63, 3.8) is 0 Å². The number of imidazole rings is 1. The van der Waals surface area contributed by atoms with E-state index in [0.29, 0.717) is 24.7 Å². The van der Waals surface area contributed by atoms with Crippen LogP contribution in [0.5, 0.6) is 0 Å². The van der Waals surface area contributed by atoms with Gasteiger partial charge in [0.25, 0.3) is 0 Å². The van der Waals surface area contributed by atoms with Gasteiger partial charge in [-0.3, -0.25) is 18.9 Å². The summed E-state index contributed by atoms with van der Waals surface area (Å²) >= 11 is 0. The molecule has 1 aliphatic rings. The van der Waals surface area contributed by atoms with Crippen LogP contribution in [0.1, 0.15) is 63.9 Å². The van der Waals surface area contributed by atoms with E-state index in [2.05, 4.69) is 41.4 Å². The van der Waals surface area contributed by atoms with Crippen molar-refractivity contribution in [1.29, 1.82) is 0 Å². The number of hydrogen-bond donors (Lipinski definition) is 1. The number of pyridine rings is 1. The number of unbranched alkanes of at least 4 members (excludes halogenated alkanes) is 1. The molecule has 37 heavy (non-hydrogen) atoms. The first-order valence-corrected chi connectivity index (χ1v) is 13.1. The van der Waals surface area contributed by atoms with Crippen LogP contribution in [-0.2, 0) is 17.8 Å². The summed E-state index contributed by atoms with van der Waals surface area (Å²) in [6, 6.07) is 11.5. The van der Waals surface area contributed by atoms with Gasteiger partial charge in [0.1, 0.15) is 0 Å². The molecule has 1 aromatic carbocycles. The Balaban J connectivity index is 1.46. The summed E-state index contributed by atoms with van der Waals surface area (Å²) in [5.74, 6) is 1.30. The number of aryl methyl sites for hydroxylation is 1. The van der Waals surface area contributed by atoms with Gasteiger partial charge in [-0.2, -0.15) is 0 Å². The van der Waals surface area contributed by atoms with Crippen LogP contribution in [0, 0.1) is 11.8 Å². The average Bonchev–Trinajstić information content (AvgIpc) is 3.64. The summed E-state index contributed by atoms with van der Waals surface area (Å²) in [5, 5.41) is 14.2. The van der Waals surface area contributed by atoms with Crippen LogP contribution in [0.25, 0.3) is 22.5 Å². The molecule has 2 atom stereocenters. The van der Waals surface area contributed by atoms with Gasteiger partial charge in [-0.1, -0.05) is 57.5 Å². The largest absolute Gasteiger partial charge is 0.329 e. The number of carbonyl (C=O) groups is 1. The Kier molecular flexibility index (Phi) is 7.12. The van der Waals surface area contributed by atoms with Crippen molar-refractivity contribution in [3.05, 3.63) is 70.7 Å². The van der Waals surface area contributed by atoms with Gasteiger partial charge >= 0.3 is 5.69 Å². The van der Waals surface area contributed by atoms with E-state index in [1.807, 2.05) is 48.8 Å². The van der Waals surface area contributed by atoms with Crippen molar-refractivity contribution in [2.24, 2.45) is 11.8 Å². The van der Waals surface area contributed by atoms with Crippen molar-refractivity contribution < 1.29 is 4.79 Å². The molecule has 4 aromatic rings. The smallest absolute Gasteiger partial charge is 0.297 e. The highest BCUT2D eigenvalue weighted by Gasteiger charge is 2.39. The molecule has 5 rings (SSSR count). The number of ketones is 1. The minimum Gasteiger partial charge on any atom is -0.297 e. The van der Waals surface area contributed by atoms with Crippen molar-refractivity contribution in [2.45, 2.75) is 65.5 Å².